The van der Waals surface area contributed by atoms with E-state index >= 15 is 0 Å². The first kappa shape index (κ1) is 22.4. The molecule has 7 nitrogen and oxygen atoms in total. The molecule has 2 aromatic carbocycles. The molecule has 8 heteroatoms. The van der Waals surface area contributed by atoms with Gasteiger partial charge in [0.15, 0.2) is 0 Å². The minimum Gasteiger partial charge on any atom is -0.496 e. The number of piperazine rings is 1. The van der Waals surface area contributed by atoms with E-state index in [1.165, 1.54) is 0 Å². The topological polar surface area (TPSA) is 62.3 Å². The van der Waals surface area contributed by atoms with E-state index in [1.807, 2.05) is 35.2 Å². The molecule has 32 heavy (non-hydrogen) atoms. The zero-order chi connectivity index (χ0) is 22.7. The van der Waals surface area contributed by atoms with Gasteiger partial charge in [0, 0.05) is 50.8 Å². The molecule has 4 rings (SSSR count). The molecule has 0 N–H and O–H groups in total. The highest BCUT2D eigenvalue weighted by atomic mass is 35.5. The van der Waals surface area contributed by atoms with Gasteiger partial charge in [-0.05, 0) is 24.3 Å². The number of amides is 2. The molecule has 1 atom stereocenters. The van der Waals surface area contributed by atoms with Crippen molar-refractivity contribution in [1.82, 2.24) is 9.80 Å². The van der Waals surface area contributed by atoms with Gasteiger partial charge in [-0.3, -0.25) is 9.59 Å². The summed E-state index contributed by atoms with van der Waals surface area (Å²) in [5.41, 5.74) is 2.31. The average Bonchev–Trinajstić information content (AvgIpc) is 2.84. The Morgan fingerprint density at radius 1 is 1.06 bits per heavy atom. The lowest BCUT2D eigenvalue weighted by Gasteiger charge is -2.42. The van der Waals surface area contributed by atoms with Gasteiger partial charge in [0.05, 0.1) is 37.1 Å². The van der Waals surface area contributed by atoms with Gasteiger partial charge >= 0.3 is 0 Å². The molecule has 2 amide bonds. The lowest BCUT2D eigenvalue weighted by atomic mass is 9.99. The van der Waals surface area contributed by atoms with Crippen molar-refractivity contribution in [3.63, 3.8) is 0 Å². The van der Waals surface area contributed by atoms with Crippen molar-refractivity contribution in [1.29, 1.82) is 0 Å². The first-order valence-corrected chi connectivity index (χ1v) is 11.2. The molecule has 2 aromatic rings. The summed E-state index contributed by atoms with van der Waals surface area (Å²) in [6.45, 7) is 5.66. The highest BCUT2D eigenvalue weighted by Crippen LogP contribution is 2.34. The zero-order valence-electron chi connectivity index (χ0n) is 18.4. The Hall–Kier alpha value is -2.77. The molecule has 0 aromatic heterocycles. The Morgan fingerprint density at radius 3 is 2.53 bits per heavy atom. The maximum absolute atomic E-state index is 13.7. The van der Waals surface area contributed by atoms with Crippen molar-refractivity contribution in [2.75, 3.05) is 57.9 Å². The summed E-state index contributed by atoms with van der Waals surface area (Å²) in [5, 5.41) is 0.617. The Labute approximate surface area is 193 Å². The van der Waals surface area contributed by atoms with E-state index in [-0.39, 0.29) is 17.9 Å². The van der Waals surface area contributed by atoms with Crippen molar-refractivity contribution in [3.8, 4) is 5.75 Å². The number of methoxy groups -OCH3 is 1. The summed E-state index contributed by atoms with van der Waals surface area (Å²) in [7, 11) is 1.62. The van der Waals surface area contributed by atoms with Crippen molar-refractivity contribution >= 4 is 29.1 Å². The second-order valence-electron chi connectivity index (χ2n) is 7.99. The van der Waals surface area contributed by atoms with Crippen LogP contribution in [0, 0.1) is 0 Å². The van der Waals surface area contributed by atoms with Gasteiger partial charge in [-0.2, -0.15) is 0 Å². The van der Waals surface area contributed by atoms with Gasteiger partial charge in [0.2, 0.25) is 5.91 Å². The first-order chi connectivity index (χ1) is 15.5. The maximum Gasteiger partial charge on any atom is 0.254 e. The summed E-state index contributed by atoms with van der Waals surface area (Å²) in [5.74, 6) is 0.610. The quantitative estimate of drug-likeness (QED) is 0.705. The zero-order valence-corrected chi connectivity index (χ0v) is 19.2. The third-order valence-corrected chi connectivity index (χ3v) is 6.45. The SMILES string of the molecule is COc1ccccc1[C@H]1CN(C(C)=O)CCN1C(=O)c1ccc(Cl)c(N2CCOCC2)c1. The fourth-order valence-electron chi connectivity index (χ4n) is 4.38. The Balaban J connectivity index is 1.67. The molecule has 0 bridgehead atoms. The highest BCUT2D eigenvalue weighted by molar-refractivity contribution is 6.33. The van der Waals surface area contributed by atoms with E-state index in [2.05, 4.69) is 4.90 Å². The number of hydrogen-bond acceptors (Lipinski definition) is 5. The summed E-state index contributed by atoms with van der Waals surface area (Å²) in [6.07, 6.45) is 0. The molecular weight excluding hydrogens is 430 g/mol. The van der Waals surface area contributed by atoms with Crippen LogP contribution in [-0.2, 0) is 9.53 Å². The molecule has 2 heterocycles. The van der Waals surface area contributed by atoms with Crippen LogP contribution in [0.1, 0.15) is 28.9 Å². The average molecular weight is 458 g/mol. The number of morpholine rings is 1. The molecule has 0 saturated carbocycles. The van der Waals surface area contributed by atoms with Crippen LogP contribution in [0.15, 0.2) is 42.5 Å². The number of halogens is 1. The van der Waals surface area contributed by atoms with Crippen LogP contribution >= 0.6 is 11.6 Å². The van der Waals surface area contributed by atoms with Crippen LogP contribution < -0.4 is 9.64 Å². The van der Waals surface area contributed by atoms with E-state index in [1.54, 1.807) is 31.1 Å². The predicted molar refractivity (Wildman–Crippen MR) is 124 cm³/mol. The van der Waals surface area contributed by atoms with E-state index in [0.29, 0.717) is 49.2 Å². The molecule has 0 aliphatic carbocycles. The second kappa shape index (κ2) is 9.79. The Bertz CT molecular complexity index is 993. The fourth-order valence-corrected chi connectivity index (χ4v) is 4.62. The molecule has 0 radical (unpaired) electrons. The number of anilines is 1. The standard InChI is InChI=1S/C24H28ClN3O4/c1-17(29)27-9-10-28(22(16-27)19-5-3-4-6-23(19)31-2)24(30)18-7-8-20(25)21(15-18)26-11-13-32-14-12-26/h3-8,15,22H,9-14,16H2,1-2H3/t22-/m1/s1. The summed E-state index contributed by atoms with van der Waals surface area (Å²) in [4.78, 5) is 31.6. The smallest absolute Gasteiger partial charge is 0.254 e. The lowest BCUT2D eigenvalue weighted by Crippen LogP contribution is -2.52. The summed E-state index contributed by atoms with van der Waals surface area (Å²) >= 11 is 6.47. The van der Waals surface area contributed by atoms with Gasteiger partial charge < -0.3 is 24.2 Å². The molecular formula is C24H28ClN3O4. The number of carbonyl (C=O) groups excluding carboxylic acids is 2. The third-order valence-electron chi connectivity index (χ3n) is 6.13. The number of nitrogens with zero attached hydrogens (tertiary/aromatic N) is 3. The highest BCUT2D eigenvalue weighted by Gasteiger charge is 2.35. The second-order valence-corrected chi connectivity index (χ2v) is 8.39. The van der Waals surface area contributed by atoms with Crippen molar-refractivity contribution < 1.29 is 19.1 Å². The lowest BCUT2D eigenvalue weighted by molar-refractivity contribution is -0.131. The van der Waals surface area contributed by atoms with Crippen LogP contribution in [0.2, 0.25) is 5.02 Å². The Morgan fingerprint density at radius 2 is 1.81 bits per heavy atom. The van der Waals surface area contributed by atoms with Gasteiger partial charge in [0.1, 0.15) is 5.75 Å². The number of carbonyl (C=O) groups is 2. The molecule has 2 fully saturated rings. The van der Waals surface area contributed by atoms with Crippen LogP contribution in [0.25, 0.3) is 0 Å². The largest absolute Gasteiger partial charge is 0.496 e. The molecule has 2 aliphatic heterocycles. The summed E-state index contributed by atoms with van der Waals surface area (Å²) < 4.78 is 11.0. The van der Waals surface area contributed by atoms with Gasteiger partial charge in [-0.15, -0.1) is 0 Å². The molecule has 0 spiro atoms. The van der Waals surface area contributed by atoms with E-state index < -0.39 is 0 Å². The molecule has 170 valence electrons. The number of ether oxygens (including phenoxy) is 2. The number of rotatable bonds is 4. The normalized spacial score (nSPS) is 19.1. The van der Waals surface area contributed by atoms with E-state index in [4.69, 9.17) is 21.1 Å². The summed E-state index contributed by atoms with van der Waals surface area (Å²) in [6, 6.07) is 12.8. The van der Waals surface area contributed by atoms with Gasteiger partial charge in [0.25, 0.3) is 5.91 Å². The van der Waals surface area contributed by atoms with E-state index in [9.17, 15) is 9.59 Å². The Kier molecular flexibility index (Phi) is 6.86. The number of para-hydroxylation sites is 1. The molecule has 2 aliphatic rings. The van der Waals surface area contributed by atoms with Crippen molar-refractivity contribution in [2.24, 2.45) is 0 Å². The minimum absolute atomic E-state index is 0.00177. The van der Waals surface area contributed by atoms with Crippen LogP contribution in [-0.4, -0.2) is 74.7 Å². The monoisotopic (exact) mass is 457 g/mol. The van der Waals surface area contributed by atoms with Crippen molar-refractivity contribution in [3.05, 3.63) is 58.6 Å². The van der Waals surface area contributed by atoms with E-state index in [0.717, 1.165) is 24.3 Å². The van der Waals surface area contributed by atoms with Crippen LogP contribution in [0.3, 0.4) is 0 Å². The maximum atomic E-state index is 13.7. The molecule has 0 unspecified atom stereocenters. The van der Waals surface area contributed by atoms with Crippen LogP contribution in [0.5, 0.6) is 5.75 Å². The van der Waals surface area contributed by atoms with Crippen molar-refractivity contribution in [2.45, 2.75) is 13.0 Å². The van der Waals surface area contributed by atoms with Gasteiger partial charge in [-0.1, -0.05) is 29.8 Å². The fraction of sp³-hybridized carbons (Fsp3) is 0.417. The van der Waals surface area contributed by atoms with Crippen LogP contribution in [0.4, 0.5) is 5.69 Å². The number of hydrogen-bond donors (Lipinski definition) is 0. The third kappa shape index (κ3) is 4.54. The van der Waals surface area contributed by atoms with Gasteiger partial charge in [-0.25, -0.2) is 0 Å². The predicted octanol–water partition coefficient (Wildman–Crippen LogP) is 3.23. The minimum atomic E-state index is -0.307. The first-order valence-electron chi connectivity index (χ1n) is 10.8. The number of benzene rings is 2. The molecule has 2 saturated heterocycles.